The van der Waals surface area contributed by atoms with Gasteiger partial charge in [-0.1, -0.05) is 93.1 Å². The van der Waals surface area contributed by atoms with Crippen LogP contribution in [0.5, 0.6) is 0 Å². The zero-order chi connectivity index (χ0) is 26.5. The van der Waals surface area contributed by atoms with Gasteiger partial charge in [0.15, 0.2) is 0 Å². The Hall–Kier alpha value is -2.25. The molecule has 1 saturated carbocycles. The number of hydrogen-bond acceptors (Lipinski definition) is 4. The first kappa shape index (κ1) is 27.8. The average Bonchev–Trinajstić information content (AvgIpc) is 2.89. The van der Waals surface area contributed by atoms with Crippen LogP contribution in [0.1, 0.15) is 57.6 Å². The largest absolute Gasteiger partial charge is 0.407 e. The van der Waals surface area contributed by atoms with E-state index in [0.717, 1.165) is 37.9 Å². The third kappa shape index (κ3) is 7.63. The van der Waals surface area contributed by atoms with Crippen molar-refractivity contribution in [3.8, 4) is 0 Å². The normalized spacial score (nSPS) is 18.7. The molecule has 0 spiro atoms. The SMILES string of the molecule is Cc1ccc(S(=O)(=O)OCC2CCC(CO[Si](c3ccccc3)c3ccc(C(C)(C)C)cc3)CC2)cc1. The maximum Gasteiger partial charge on any atom is 0.296 e. The van der Waals surface area contributed by atoms with Crippen molar-refractivity contribution in [3.05, 3.63) is 90.0 Å². The van der Waals surface area contributed by atoms with Crippen molar-refractivity contribution in [2.75, 3.05) is 13.2 Å². The molecule has 0 atom stereocenters. The Morgan fingerprint density at radius 1 is 0.757 bits per heavy atom. The van der Waals surface area contributed by atoms with E-state index >= 15 is 0 Å². The first-order valence-corrected chi connectivity index (χ1v) is 16.1. The summed E-state index contributed by atoms with van der Waals surface area (Å²) in [7, 11) is -5.05. The summed E-state index contributed by atoms with van der Waals surface area (Å²) in [5.41, 5.74) is 2.48. The van der Waals surface area contributed by atoms with E-state index in [9.17, 15) is 8.42 Å². The fourth-order valence-electron chi connectivity index (χ4n) is 4.77. The van der Waals surface area contributed by atoms with Crippen LogP contribution in [0.15, 0.2) is 83.8 Å². The molecule has 1 radical (unpaired) electrons. The van der Waals surface area contributed by atoms with Gasteiger partial charge in [-0.05, 0) is 77.9 Å². The first-order chi connectivity index (χ1) is 17.6. The van der Waals surface area contributed by atoms with Crippen molar-refractivity contribution in [3.63, 3.8) is 0 Å². The van der Waals surface area contributed by atoms with Gasteiger partial charge in [-0.2, -0.15) is 8.42 Å². The van der Waals surface area contributed by atoms with Gasteiger partial charge in [0.25, 0.3) is 19.2 Å². The van der Waals surface area contributed by atoms with Crippen LogP contribution >= 0.6 is 0 Å². The molecule has 1 fully saturated rings. The zero-order valence-corrected chi connectivity index (χ0v) is 24.3. The van der Waals surface area contributed by atoms with E-state index < -0.39 is 19.2 Å². The summed E-state index contributed by atoms with van der Waals surface area (Å²) in [5.74, 6) is 0.753. The van der Waals surface area contributed by atoms with Gasteiger partial charge in [0.05, 0.1) is 11.5 Å². The van der Waals surface area contributed by atoms with E-state index in [1.54, 1.807) is 24.3 Å². The van der Waals surface area contributed by atoms with Gasteiger partial charge >= 0.3 is 0 Å². The van der Waals surface area contributed by atoms with Crippen molar-refractivity contribution in [2.45, 2.75) is 63.7 Å². The molecule has 3 aromatic rings. The summed E-state index contributed by atoms with van der Waals surface area (Å²) in [6, 6.07) is 26.3. The van der Waals surface area contributed by atoms with Crippen LogP contribution in [0.2, 0.25) is 0 Å². The summed E-state index contributed by atoms with van der Waals surface area (Å²) >= 11 is 0. The third-order valence-corrected chi connectivity index (χ3v) is 10.7. The lowest BCUT2D eigenvalue weighted by molar-refractivity contribution is 0.152. The molecule has 0 unspecified atom stereocenters. The molecule has 0 amide bonds. The Morgan fingerprint density at radius 3 is 1.86 bits per heavy atom. The van der Waals surface area contributed by atoms with Crippen LogP contribution in [0.4, 0.5) is 0 Å². The Labute approximate surface area is 224 Å². The summed E-state index contributed by atoms with van der Waals surface area (Å²) in [6.45, 7) is 9.64. The number of benzene rings is 3. The first-order valence-electron chi connectivity index (χ1n) is 13.2. The third-order valence-electron chi connectivity index (χ3n) is 7.25. The van der Waals surface area contributed by atoms with Crippen LogP contribution < -0.4 is 10.4 Å². The van der Waals surface area contributed by atoms with E-state index in [0.29, 0.717) is 5.92 Å². The molecule has 1 aliphatic carbocycles. The zero-order valence-electron chi connectivity index (χ0n) is 22.4. The molecule has 0 aromatic heterocycles. The molecule has 0 saturated heterocycles. The number of rotatable bonds is 9. The highest BCUT2D eigenvalue weighted by molar-refractivity contribution is 7.86. The molecule has 0 N–H and O–H groups in total. The van der Waals surface area contributed by atoms with Crippen molar-refractivity contribution in [2.24, 2.45) is 11.8 Å². The maximum atomic E-state index is 12.5. The molecule has 37 heavy (non-hydrogen) atoms. The Bertz CT molecular complexity index is 1230. The maximum absolute atomic E-state index is 12.5. The van der Waals surface area contributed by atoms with Gasteiger partial charge in [0, 0.05) is 6.61 Å². The second-order valence-electron chi connectivity index (χ2n) is 11.3. The fraction of sp³-hybridized carbons (Fsp3) is 0.419. The van der Waals surface area contributed by atoms with Gasteiger partial charge in [0.2, 0.25) is 0 Å². The summed E-state index contributed by atoms with van der Waals surface area (Å²) in [6.07, 6.45) is 3.99. The van der Waals surface area contributed by atoms with Gasteiger partial charge in [0.1, 0.15) is 0 Å². The van der Waals surface area contributed by atoms with Crippen LogP contribution in [-0.2, 0) is 24.1 Å². The van der Waals surface area contributed by atoms with Crippen molar-refractivity contribution >= 4 is 29.5 Å². The van der Waals surface area contributed by atoms with Crippen LogP contribution in [0.25, 0.3) is 0 Å². The molecule has 0 heterocycles. The van der Waals surface area contributed by atoms with Crippen molar-refractivity contribution in [1.29, 1.82) is 0 Å². The van der Waals surface area contributed by atoms with Crippen LogP contribution in [0, 0.1) is 18.8 Å². The Kier molecular flexibility index (Phi) is 9.06. The van der Waals surface area contributed by atoms with E-state index in [1.165, 1.54) is 15.9 Å². The molecule has 6 heteroatoms. The minimum atomic E-state index is -3.71. The van der Waals surface area contributed by atoms with Crippen LogP contribution in [-0.4, -0.2) is 30.7 Å². The summed E-state index contributed by atoms with van der Waals surface area (Å²) < 4.78 is 37.2. The molecule has 1 aliphatic rings. The molecule has 4 rings (SSSR count). The molecule has 0 bridgehead atoms. The average molecular weight is 536 g/mol. The number of aryl methyl sites for hydroxylation is 1. The predicted octanol–water partition coefficient (Wildman–Crippen LogP) is 5.63. The molecule has 3 aromatic carbocycles. The van der Waals surface area contributed by atoms with E-state index in [2.05, 4.69) is 69.3 Å². The van der Waals surface area contributed by atoms with Gasteiger partial charge < -0.3 is 4.43 Å². The minimum absolute atomic E-state index is 0.126. The minimum Gasteiger partial charge on any atom is -0.407 e. The second-order valence-corrected chi connectivity index (χ2v) is 15.0. The highest BCUT2D eigenvalue weighted by Crippen LogP contribution is 2.30. The smallest absolute Gasteiger partial charge is 0.296 e. The lowest BCUT2D eigenvalue weighted by atomic mass is 9.83. The van der Waals surface area contributed by atoms with Gasteiger partial charge in [-0.25, -0.2) is 0 Å². The number of hydrogen-bond donors (Lipinski definition) is 0. The highest BCUT2D eigenvalue weighted by Gasteiger charge is 2.27. The van der Waals surface area contributed by atoms with E-state index in [-0.39, 0.29) is 22.8 Å². The van der Waals surface area contributed by atoms with E-state index in [4.69, 9.17) is 8.61 Å². The Morgan fingerprint density at radius 2 is 1.30 bits per heavy atom. The fourth-order valence-corrected chi connectivity index (χ4v) is 7.78. The molecule has 197 valence electrons. The van der Waals surface area contributed by atoms with Gasteiger partial charge in [-0.3, -0.25) is 4.18 Å². The molecular formula is C31H39O4SSi. The standard InChI is InChI=1S/C31H39O4SSi/c1-24-10-18-28(19-11-24)36(32,33)34-22-25-12-14-26(15-13-25)23-35-37(29-8-6-5-7-9-29)30-20-16-27(17-21-30)31(2,3)4/h5-11,16-21,25-26H,12-15,22-23H2,1-4H3. The van der Waals surface area contributed by atoms with Gasteiger partial charge in [-0.15, -0.1) is 0 Å². The summed E-state index contributed by atoms with van der Waals surface area (Å²) in [4.78, 5) is 0.228. The molecular weight excluding hydrogens is 496 g/mol. The lowest BCUT2D eigenvalue weighted by Gasteiger charge is -2.29. The highest BCUT2D eigenvalue weighted by atomic mass is 32.2. The predicted molar refractivity (Wildman–Crippen MR) is 152 cm³/mol. The topological polar surface area (TPSA) is 52.6 Å². The van der Waals surface area contributed by atoms with Crippen LogP contribution in [0.3, 0.4) is 0 Å². The lowest BCUT2D eigenvalue weighted by Crippen LogP contribution is -2.46. The quantitative estimate of drug-likeness (QED) is 0.263. The Balaban J connectivity index is 1.32. The van der Waals surface area contributed by atoms with E-state index in [1.807, 2.05) is 13.0 Å². The van der Waals surface area contributed by atoms with Crippen molar-refractivity contribution in [1.82, 2.24) is 0 Å². The summed E-state index contributed by atoms with van der Waals surface area (Å²) in [5, 5.41) is 2.53. The van der Waals surface area contributed by atoms with Crippen molar-refractivity contribution < 1.29 is 17.0 Å². The molecule has 0 aliphatic heterocycles. The molecule has 4 nitrogen and oxygen atoms in total. The monoisotopic (exact) mass is 535 g/mol. The second kappa shape index (κ2) is 12.1.